The minimum atomic E-state index is 0.213. The van der Waals surface area contributed by atoms with Gasteiger partial charge in [0.1, 0.15) is 0 Å². The average Bonchev–Trinajstić information content (AvgIpc) is 2.69. The van der Waals surface area contributed by atoms with E-state index >= 15 is 0 Å². The molecular formula is C22H28N2O. The van der Waals surface area contributed by atoms with Crippen LogP contribution in [-0.4, -0.2) is 29.9 Å². The van der Waals surface area contributed by atoms with Crippen molar-refractivity contribution in [1.29, 1.82) is 0 Å². The lowest BCUT2D eigenvalue weighted by molar-refractivity contribution is -0.119. The third-order valence-corrected chi connectivity index (χ3v) is 5.23. The van der Waals surface area contributed by atoms with Crippen LogP contribution in [0.2, 0.25) is 0 Å². The monoisotopic (exact) mass is 336 g/mol. The van der Waals surface area contributed by atoms with Gasteiger partial charge in [0.2, 0.25) is 5.91 Å². The Labute approximate surface area is 151 Å². The fourth-order valence-electron chi connectivity index (χ4n) is 3.81. The van der Waals surface area contributed by atoms with Crippen LogP contribution in [0.15, 0.2) is 60.7 Å². The van der Waals surface area contributed by atoms with Crippen molar-refractivity contribution >= 4 is 11.6 Å². The zero-order valence-electron chi connectivity index (χ0n) is 15.3. The molecule has 0 aromatic heterocycles. The number of amides is 1. The van der Waals surface area contributed by atoms with Gasteiger partial charge in [-0.3, -0.25) is 9.69 Å². The first kappa shape index (κ1) is 17.7. The number of nitrogens with zero attached hydrogens (tertiary/aromatic N) is 2. The molecule has 3 nitrogen and oxygen atoms in total. The SMILES string of the molecule is CCC(=O)N(c1ccccc1)[C@H]1CCCN(C(C)c2ccccc2)C1. The molecule has 1 unspecified atom stereocenters. The van der Waals surface area contributed by atoms with Crippen LogP contribution in [0.1, 0.15) is 44.7 Å². The first-order valence-corrected chi connectivity index (χ1v) is 9.36. The third-order valence-electron chi connectivity index (χ3n) is 5.23. The van der Waals surface area contributed by atoms with Gasteiger partial charge in [-0.1, -0.05) is 55.5 Å². The van der Waals surface area contributed by atoms with Crippen molar-refractivity contribution in [2.45, 2.75) is 45.2 Å². The van der Waals surface area contributed by atoms with Gasteiger partial charge >= 0.3 is 0 Å². The lowest BCUT2D eigenvalue weighted by atomic mass is 9.98. The quantitative estimate of drug-likeness (QED) is 0.793. The van der Waals surface area contributed by atoms with E-state index in [1.165, 1.54) is 5.56 Å². The van der Waals surface area contributed by atoms with Gasteiger partial charge in [0, 0.05) is 30.7 Å². The molecule has 0 bridgehead atoms. The summed E-state index contributed by atoms with van der Waals surface area (Å²) in [5.74, 6) is 0.213. The number of hydrogen-bond donors (Lipinski definition) is 0. The summed E-state index contributed by atoms with van der Waals surface area (Å²) in [6.07, 6.45) is 2.74. The minimum Gasteiger partial charge on any atom is -0.308 e. The fraction of sp³-hybridized carbons (Fsp3) is 0.409. The Hall–Kier alpha value is -2.13. The van der Waals surface area contributed by atoms with Crippen LogP contribution >= 0.6 is 0 Å². The van der Waals surface area contributed by atoms with E-state index in [-0.39, 0.29) is 11.9 Å². The lowest BCUT2D eigenvalue weighted by Crippen LogP contribution is -2.50. The molecule has 1 amide bonds. The second-order valence-electron chi connectivity index (χ2n) is 6.83. The Morgan fingerprint density at radius 3 is 2.40 bits per heavy atom. The van der Waals surface area contributed by atoms with Crippen LogP contribution in [0.5, 0.6) is 0 Å². The molecule has 3 heteroatoms. The number of benzene rings is 2. The summed E-state index contributed by atoms with van der Waals surface area (Å²) in [4.78, 5) is 17.2. The van der Waals surface area contributed by atoms with Crippen molar-refractivity contribution in [3.05, 3.63) is 66.2 Å². The number of carbonyl (C=O) groups is 1. The highest BCUT2D eigenvalue weighted by Crippen LogP contribution is 2.28. The molecule has 1 saturated heterocycles. The molecule has 1 aliphatic rings. The maximum atomic E-state index is 12.7. The zero-order chi connectivity index (χ0) is 17.6. The van der Waals surface area contributed by atoms with Crippen LogP contribution in [0.25, 0.3) is 0 Å². The van der Waals surface area contributed by atoms with Gasteiger partial charge in [-0.25, -0.2) is 0 Å². The summed E-state index contributed by atoms with van der Waals surface area (Å²) >= 11 is 0. The van der Waals surface area contributed by atoms with Gasteiger partial charge in [0.15, 0.2) is 0 Å². The number of hydrogen-bond acceptors (Lipinski definition) is 2. The Morgan fingerprint density at radius 2 is 1.76 bits per heavy atom. The van der Waals surface area contributed by atoms with Crippen molar-refractivity contribution < 1.29 is 4.79 Å². The van der Waals surface area contributed by atoms with Crippen molar-refractivity contribution in [3.63, 3.8) is 0 Å². The van der Waals surface area contributed by atoms with Crippen LogP contribution in [0, 0.1) is 0 Å². The molecule has 0 radical (unpaired) electrons. The Bertz CT molecular complexity index is 671. The zero-order valence-corrected chi connectivity index (χ0v) is 15.3. The van der Waals surface area contributed by atoms with Crippen LogP contribution in [0.3, 0.4) is 0 Å². The van der Waals surface area contributed by atoms with E-state index in [1.54, 1.807) is 0 Å². The Kier molecular flexibility index (Phi) is 5.87. The maximum absolute atomic E-state index is 12.7. The molecule has 2 aromatic rings. The highest BCUT2D eigenvalue weighted by Gasteiger charge is 2.31. The predicted molar refractivity (Wildman–Crippen MR) is 104 cm³/mol. The summed E-state index contributed by atoms with van der Waals surface area (Å²) in [6, 6.07) is 21.4. The Morgan fingerprint density at radius 1 is 1.12 bits per heavy atom. The van der Waals surface area contributed by atoms with Gasteiger partial charge in [0.25, 0.3) is 0 Å². The van der Waals surface area contributed by atoms with Crippen molar-refractivity contribution in [2.75, 3.05) is 18.0 Å². The predicted octanol–water partition coefficient (Wildman–Crippen LogP) is 4.66. The number of carbonyl (C=O) groups excluding carboxylic acids is 1. The molecule has 1 fully saturated rings. The molecule has 0 aliphatic carbocycles. The standard InChI is InChI=1S/C22H28N2O/c1-3-22(25)24(20-13-8-5-9-14-20)21-15-10-16-23(17-21)18(2)19-11-6-4-7-12-19/h4-9,11-14,18,21H,3,10,15-17H2,1-2H3/t18?,21-/m0/s1. The Balaban J connectivity index is 1.79. The summed E-state index contributed by atoms with van der Waals surface area (Å²) in [6.45, 7) is 6.24. The number of rotatable bonds is 5. The summed E-state index contributed by atoms with van der Waals surface area (Å²) in [5.41, 5.74) is 2.37. The van der Waals surface area contributed by atoms with E-state index in [0.717, 1.165) is 31.6 Å². The first-order chi connectivity index (χ1) is 12.2. The van der Waals surface area contributed by atoms with Crippen molar-refractivity contribution in [1.82, 2.24) is 4.90 Å². The second kappa shape index (κ2) is 8.30. The van der Waals surface area contributed by atoms with Gasteiger partial charge < -0.3 is 4.90 Å². The molecule has 25 heavy (non-hydrogen) atoms. The third kappa shape index (κ3) is 4.10. The van der Waals surface area contributed by atoms with E-state index in [1.807, 2.05) is 42.2 Å². The number of piperidine rings is 1. The van der Waals surface area contributed by atoms with Crippen LogP contribution in [0.4, 0.5) is 5.69 Å². The van der Waals surface area contributed by atoms with Gasteiger partial charge in [-0.2, -0.15) is 0 Å². The molecule has 132 valence electrons. The normalized spacial score (nSPS) is 19.4. The average molecular weight is 336 g/mol. The van der Waals surface area contributed by atoms with Crippen molar-refractivity contribution in [3.8, 4) is 0 Å². The van der Waals surface area contributed by atoms with Crippen molar-refractivity contribution in [2.24, 2.45) is 0 Å². The van der Waals surface area contributed by atoms with Gasteiger partial charge in [0.05, 0.1) is 0 Å². The van der Waals surface area contributed by atoms with Crippen LogP contribution in [-0.2, 0) is 4.79 Å². The van der Waals surface area contributed by atoms with E-state index in [0.29, 0.717) is 12.5 Å². The molecule has 1 heterocycles. The molecule has 1 aliphatic heterocycles. The largest absolute Gasteiger partial charge is 0.308 e. The van der Waals surface area contributed by atoms with E-state index in [2.05, 4.69) is 42.2 Å². The smallest absolute Gasteiger partial charge is 0.227 e. The summed E-state index contributed by atoms with van der Waals surface area (Å²) in [7, 11) is 0. The molecule has 2 aromatic carbocycles. The van der Waals surface area contributed by atoms with Gasteiger partial charge in [-0.15, -0.1) is 0 Å². The molecule has 2 atom stereocenters. The summed E-state index contributed by atoms with van der Waals surface area (Å²) in [5, 5.41) is 0. The van der Waals surface area contributed by atoms with Crippen LogP contribution < -0.4 is 4.90 Å². The van der Waals surface area contributed by atoms with Gasteiger partial charge in [-0.05, 0) is 44.0 Å². The second-order valence-corrected chi connectivity index (χ2v) is 6.83. The fourth-order valence-corrected chi connectivity index (χ4v) is 3.81. The molecule has 3 rings (SSSR count). The summed E-state index contributed by atoms with van der Waals surface area (Å²) < 4.78 is 0. The van der Waals surface area contributed by atoms with E-state index in [4.69, 9.17) is 0 Å². The molecular weight excluding hydrogens is 308 g/mol. The molecule has 0 spiro atoms. The minimum absolute atomic E-state index is 0.213. The highest BCUT2D eigenvalue weighted by molar-refractivity contribution is 5.93. The maximum Gasteiger partial charge on any atom is 0.227 e. The van der Waals surface area contributed by atoms with E-state index < -0.39 is 0 Å². The number of likely N-dealkylation sites (tertiary alicyclic amines) is 1. The number of para-hydroxylation sites is 1. The molecule has 0 saturated carbocycles. The highest BCUT2D eigenvalue weighted by atomic mass is 16.2. The lowest BCUT2D eigenvalue weighted by Gasteiger charge is -2.42. The first-order valence-electron chi connectivity index (χ1n) is 9.36. The number of anilines is 1. The molecule has 0 N–H and O–H groups in total. The van der Waals surface area contributed by atoms with E-state index in [9.17, 15) is 4.79 Å². The topological polar surface area (TPSA) is 23.6 Å².